The molecule has 23 heavy (non-hydrogen) atoms. The molecule has 0 amide bonds. The van der Waals surface area contributed by atoms with E-state index in [2.05, 4.69) is 10.1 Å². The first-order chi connectivity index (χ1) is 11.1. The van der Waals surface area contributed by atoms with Gasteiger partial charge in [0.05, 0.1) is 17.0 Å². The molecular weight excluding hydrogens is 303 g/mol. The van der Waals surface area contributed by atoms with E-state index in [-0.39, 0.29) is 23.3 Å². The maximum atomic E-state index is 13.6. The number of aromatic nitrogens is 4. The molecule has 0 N–H and O–H groups in total. The molecule has 0 radical (unpaired) electrons. The van der Waals surface area contributed by atoms with Crippen LogP contribution in [0.4, 0.5) is 4.39 Å². The lowest BCUT2D eigenvalue weighted by molar-refractivity contribution is -0.125. The lowest BCUT2D eigenvalue weighted by atomic mass is 9.84. The van der Waals surface area contributed by atoms with Crippen LogP contribution in [0.25, 0.3) is 17.0 Å². The molecule has 0 spiro atoms. The van der Waals surface area contributed by atoms with Crippen molar-refractivity contribution in [1.29, 1.82) is 0 Å². The van der Waals surface area contributed by atoms with Gasteiger partial charge < -0.3 is 4.52 Å². The van der Waals surface area contributed by atoms with Crippen molar-refractivity contribution >= 4 is 16.8 Å². The number of aryl methyl sites for hydroxylation is 1. The fraction of sp³-hybridized carbons (Fsp3) is 0.333. The summed E-state index contributed by atoms with van der Waals surface area (Å²) in [5.74, 6) is 0.00699. The van der Waals surface area contributed by atoms with Crippen molar-refractivity contribution in [1.82, 2.24) is 19.3 Å². The molecular formula is C15H13FN4O3. The molecule has 2 heterocycles. The first-order valence-corrected chi connectivity index (χ1v) is 7.35. The third kappa shape index (κ3) is 2.01. The van der Waals surface area contributed by atoms with Gasteiger partial charge in [0.15, 0.2) is 0 Å². The SMILES string of the molecule is CCn1c(=O)n(-c2noc(C3CC(=O)C3)n2)c2cc(F)ccc21. The molecule has 1 saturated carbocycles. The van der Waals surface area contributed by atoms with Crippen LogP contribution in [-0.4, -0.2) is 25.1 Å². The zero-order valence-electron chi connectivity index (χ0n) is 12.3. The summed E-state index contributed by atoms with van der Waals surface area (Å²) in [5.41, 5.74) is 0.628. The Morgan fingerprint density at radius 3 is 2.78 bits per heavy atom. The highest BCUT2D eigenvalue weighted by molar-refractivity contribution is 5.86. The van der Waals surface area contributed by atoms with E-state index in [9.17, 15) is 14.0 Å². The Labute approximate surface area is 129 Å². The Bertz CT molecular complexity index is 976. The van der Waals surface area contributed by atoms with Crippen LogP contribution < -0.4 is 5.69 Å². The average Bonchev–Trinajstić information content (AvgIpc) is 3.05. The monoisotopic (exact) mass is 316 g/mol. The van der Waals surface area contributed by atoms with E-state index < -0.39 is 5.82 Å². The fourth-order valence-corrected chi connectivity index (χ4v) is 2.88. The van der Waals surface area contributed by atoms with E-state index in [4.69, 9.17) is 4.52 Å². The number of benzene rings is 1. The Hall–Kier alpha value is -2.77. The Morgan fingerprint density at radius 1 is 1.30 bits per heavy atom. The summed E-state index contributed by atoms with van der Waals surface area (Å²) < 4.78 is 21.5. The predicted molar refractivity (Wildman–Crippen MR) is 78.0 cm³/mol. The van der Waals surface area contributed by atoms with Crippen LogP contribution >= 0.6 is 0 Å². The molecule has 3 aromatic rings. The molecule has 1 aliphatic rings. The van der Waals surface area contributed by atoms with Gasteiger partial charge in [-0.3, -0.25) is 9.36 Å². The second kappa shape index (κ2) is 4.87. The Balaban J connectivity index is 1.88. The zero-order chi connectivity index (χ0) is 16.1. The number of carbonyl (C=O) groups excluding carboxylic acids is 1. The first kappa shape index (κ1) is 13.9. The standard InChI is InChI=1S/C15H13FN4O3/c1-2-19-11-4-3-9(16)7-12(11)20(15(19)22)14-17-13(23-18-14)8-5-10(21)6-8/h3-4,7-8H,2,5-6H2,1H3. The quantitative estimate of drug-likeness (QED) is 0.735. The van der Waals surface area contributed by atoms with Crippen LogP contribution in [0.2, 0.25) is 0 Å². The summed E-state index contributed by atoms with van der Waals surface area (Å²) in [6.07, 6.45) is 0.754. The van der Waals surface area contributed by atoms with Gasteiger partial charge in [0.2, 0.25) is 5.89 Å². The molecule has 2 aromatic heterocycles. The second-order valence-electron chi connectivity index (χ2n) is 5.57. The number of Topliss-reactive ketones (excluding diaryl/α,β-unsaturated/α-hetero) is 1. The fourth-order valence-electron chi connectivity index (χ4n) is 2.88. The summed E-state index contributed by atoms with van der Waals surface area (Å²) in [6.45, 7) is 2.27. The van der Waals surface area contributed by atoms with E-state index in [1.165, 1.54) is 21.3 Å². The van der Waals surface area contributed by atoms with Crippen molar-refractivity contribution in [3.05, 3.63) is 40.4 Å². The molecule has 8 heteroatoms. The zero-order valence-corrected chi connectivity index (χ0v) is 12.3. The molecule has 0 bridgehead atoms. The highest BCUT2D eigenvalue weighted by Crippen LogP contribution is 2.32. The number of hydrogen-bond acceptors (Lipinski definition) is 5. The maximum Gasteiger partial charge on any atom is 0.336 e. The number of halogens is 1. The summed E-state index contributed by atoms with van der Waals surface area (Å²) in [5, 5.41) is 3.83. The van der Waals surface area contributed by atoms with E-state index in [1.807, 2.05) is 6.92 Å². The lowest BCUT2D eigenvalue weighted by Gasteiger charge is -2.19. The van der Waals surface area contributed by atoms with E-state index >= 15 is 0 Å². The second-order valence-corrected chi connectivity index (χ2v) is 5.57. The minimum absolute atomic E-state index is 0.0622. The first-order valence-electron chi connectivity index (χ1n) is 7.35. The summed E-state index contributed by atoms with van der Waals surface area (Å²) in [7, 11) is 0. The minimum Gasteiger partial charge on any atom is -0.337 e. The van der Waals surface area contributed by atoms with Gasteiger partial charge in [-0.1, -0.05) is 0 Å². The van der Waals surface area contributed by atoms with Crippen molar-refractivity contribution in [3.8, 4) is 5.95 Å². The molecule has 0 unspecified atom stereocenters. The number of hydrogen-bond donors (Lipinski definition) is 0. The maximum absolute atomic E-state index is 13.6. The van der Waals surface area contributed by atoms with Crippen LogP contribution in [0.1, 0.15) is 31.6 Å². The number of rotatable bonds is 3. The smallest absolute Gasteiger partial charge is 0.336 e. The predicted octanol–water partition coefficient (Wildman–Crippen LogP) is 1.78. The van der Waals surface area contributed by atoms with Crippen molar-refractivity contribution < 1.29 is 13.7 Å². The molecule has 1 fully saturated rings. The van der Waals surface area contributed by atoms with Gasteiger partial charge in [0, 0.05) is 25.5 Å². The Kier molecular flexibility index (Phi) is 2.93. The Morgan fingerprint density at radius 2 is 2.09 bits per heavy atom. The largest absolute Gasteiger partial charge is 0.337 e. The van der Waals surface area contributed by atoms with Crippen LogP contribution in [0, 0.1) is 5.82 Å². The summed E-state index contributed by atoms with van der Waals surface area (Å²) in [4.78, 5) is 27.9. The van der Waals surface area contributed by atoms with Gasteiger partial charge >= 0.3 is 5.69 Å². The minimum atomic E-state index is -0.451. The highest BCUT2D eigenvalue weighted by Gasteiger charge is 2.33. The molecule has 1 aliphatic carbocycles. The van der Waals surface area contributed by atoms with Crippen molar-refractivity contribution in [2.45, 2.75) is 32.2 Å². The van der Waals surface area contributed by atoms with Crippen LogP contribution in [0.5, 0.6) is 0 Å². The molecule has 4 rings (SSSR count). The normalized spacial score (nSPS) is 15.3. The molecule has 1 aromatic carbocycles. The van der Waals surface area contributed by atoms with Crippen molar-refractivity contribution in [2.24, 2.45) is 0 Å². The van der Waals surface area contributed by atoms with Crippen molar-refractivity contribution in [3.63, 3.8) is 0 Å². The van der Waals surface area contributed by atoms with Gasteiger partial charge in [-0.25, -0.2) is 13.8 Å². The molecule has 118 valence electrons. The molecule has 7 nitrogen and oxygen atoms in total. The van der Waals surface area contributed by atoms with Gasteiger partial charge in [-0.2, -0.15) is 4.98 Å². The van der Waals surface area contributed by atoms with Crippen molar-refractivity contribution in [2.75, 3.05) is 0 Å². The number of ketones is 1. The topological polar surface area (TPSA) is 82.9 Å². The number of nitrogens with zero attached hydrogens (tertiary/aromatic N) is 4. The lowest BCUT2D eigenvalue weighted by Crippen LogP contribution is -2.24. The van der Waals surface area contributed by atoms with E-state index in [0.29, 0.717) is 36.3 Å². The average molecular weight is 316 g/mol. The summed E-state index contributed by atoms with van der Waals surface area (Å²) in [6, 6.07) is 4.13. The van der Waals surface area contributed by atoms with E-state index in [1.54, 1.807) is 6.07 Å². The van der Waals surface area contributed by atoms with Crippen LogP contribution in [0.3, 0.4) is 0 Å². The van der Waals surface area contributed by atoms with E-state index in [0.717, 1.165) is 0 Å². The van der Waals surface area contributed by atoms with Gasteiger partial charge in [0.1, 0.15) is 11.6 Å². The number of imidazole rings is 1. The highest BCUT2D eigenvalue weighted by atomic mass is 19.1. The third-order valence-electron chi connectivity index (χ3n) is 4.14. The number of fused-ring (bicyclic) bond motifs is 1. The van der Waals surface area contributed by atoms with Gasteiger partial charge in [0.25, 0.3) is 5.95 Å². The third-order valence-corrected chi connectivity index (χ3v) is 4.14. The van der Waals surface area contributed by atoms with Crippen LogP contribution in [-0.2, 0) is 11.3 Å². The van der Waals surface area contributed by atoms with Gasteiger partial charge in [-0.05, 0) is 24.2 Å². The molecule has 0 atom stereocenters. The number of carbonyl (C=O) groups is 1. The van der Waals surface area contributed by atoms with Gasteiger partial charge in [-0.15, -0.1) is 0 Å². The summed E-state index contributed by atoms with van der Waals surface area (Å²) >= 11 is 0. The van der Waals surface area contributed by atoms with Crippen LogP contribution in [0.15, 0.2) is 27.5 Å². The molecule has 0 aliphatic heterocycles. The molecule has 0 saturated heterocycles.